The van der Waals surface area contributed by atoms with Gasteiger partial charge in [-0.1, -0.05) is 33.8 Å². The third-order valence-electron chi connectivity index (χ3n) is 14.4. The minimum absolute atomic E-state index is 0.0530. The van der Waals surface area contributed by atoms with E-state index in [4.69, 9.17) is 33.2 Å². The highest BCUT2D eigenvalue weighted by molar-refractivity contribution is 5.93. The number of amides is 1. The van der Waals surface area contributed by atoms with Crippen LogP contribution in [0.5, 0.6) is 0 Å². The summed E-state index contributed by atoms with van der Waals surface area (Å²) in [6.45, 7) is 19.0. The molecule has 3 saturated heterocycles. The SMILES string of the molecule is C/C=C(\CN(C)[C@H]1C[C@@H](C)O[C@H](O[C@@H]2[C@@H](C)[C@H](O[C@H]3C[C@@](C)(OC)[C@@H](O)[C@H](C)O3)[C@@H](C)C(=O)O[C@H](CC)[C@@](C)(O)[C@H](O)[C@@H](C)C(=O)[C@H](C)C[C@@]2(C)OC)[C@@H]1O)NC(=O)c1cccn1C. The van der Waals surface area contributed by atoms with Gasteiger partial charge in [-0.15, -0.1) is 0 Å². The van der Waals surface area contributed by atoms with Gasteiger partial charge in [0.2, 0.25) is 0 Å². The summed E-state index contributed by atoms with van der Waals surface area (Å²) < 4.78 is 46.3. The molecule has 1 amide bonds. The Balaban J connectivity index is 1.79. The van der Waals surface area contributed by atoms with Crippen LogP contribution in [0.15, 0.2) is 30.1 Å². The van der Waals surface area contributed by atoms with Gasteiger partial charge in [0.1, 0.15) is 35.4 Å². The molecule has 0 unspecified atom stereocenters. The van der Waals surface area contributed by atoms with E-state index in [-0.39, 0.29) is 37.5 Å². The number of likely N-dealkylation sites (N-methyl/N-ethyl adjacent to an activating group) is 1. The van der Waals surface area contributed by atoms with E-state index in [0.717, 1.165) is 0 Å². The fraction of sp³-hybridized carbons (Fsp3) is 0.809. The maximum Gasteiger partial charge on any atom is 0.311 e. The lowest BCUT2D eigenvalue weighted by atomic mass is 9.74. The summed E-state index contributed by atoms with van der Waals surface area (Å²) in [5, 5.41) is 49.6. The van der Waals surface area contributed by atoms with Crippen molar-refractivity contribution in [3.05, 3.63) is 35.8 Å². The van der Waals surface area contributed by atoms with Crippen molar-refractivity contribution in [3.63, 3.8) is 0 Å². The third-order valence-corrected chi connectivity index (χ3v) is 14.4. The minimum Gasteiger partial charge on any atom is -0.459 e. The van der Waals surface area contributed by atoms with Gasteiger partial charge in [-0.25, -0.2) is 0 Å². The quantitative estimate of drug-likeness (QED) is 0.190. The zero-order chi connectivity index (χ0) is 48.2. The van der Waals surface area contributed by atoms with Crippen LogP contribution < -0.4 is 5.32 Å². The number of aromatic nitrogens is 1. The first-order valence-electron chi connectivity index (χ1n) is 22.8. The molecule has 3 aliphatic rings. The number of aryl methyl sites for hydroxylation is 1. The van der Waals surface area contributed by atoms with Gasteiger partial charge >= 0.3 is 5.97 Å². The number of hydrogen-bond donors (Lipinski definition) is 5. The molecule has 366 valence electrons. The lowest BCUT2D eigenvalue weighted by Gasteiger charge is -2.50. The van der Waals surface area contributed by atoms with Gasteiger partial charge in [0.05, 0.1) is 47.6 Å². The van der Waals surface area contributed by atoms with E-state index in [9.17, 15) is 34.8 Å². The number of ketones is 1. The molecule has 0 spiro atoms. The van der Waals surface area contributed by atoms with Gasteiger partial charge in [-0.05, 0) is 86.9 Å². The summed E-state index contributed by atoms with van der Waals surface area (Å²) in [5.41, 5.74) is -3.30. The fourth-order valence-corrected chi connectivity index (χ4v) is 10.0. The second kappa shape index (κ2) is 21.9. The number of carbonyl (C=O) groups excluding carboxylic acids is 3. The number of cyclic esters (lactones) is 1. The molecule has 3 aliphatic heterocycles. The van der Waals surface area contributed by atoms with Crippen molar-refractivity contribution in [1.82, 2.24) is 14.8 Å². The van der Waals surface area contributed by atoms with Crippen LogP contribution in [0.4, 0.5) is 0 Å². The van der Waals surface area contributed by atoms with Crippen molar-refractivity contribution in [3.8, 4) is 0 Å². The molecule has 4 heterocycles. The van der Waals surface area contributed by atoms with Crippen molar-refractivity contribution in [2.45, 2.75) is 186 Å². The fourth-order valence-electron chi connectivity index (χ4n) is 10.0. The Bertz CT molecular complexity index is 1760. The molecular weight excluding hydrogens is 831 g/mol. The van der Waals surface area contributed by atoms with E-state index in [0.29, 0.717) is 17.8 Å². The summed E-state index contributed by atoms with van der Waals surface area (Å²) in [6, 6.07) is 3.01. The Labute approximate surface area is 380 Å². The van der Waals surface area contributed by atoms with Crippen molar-refractivity contribution in [1.29, 1.82) is 0 Å². The van der Waals surface area contributed by atoms with Crippen molar-refractivity contribution < 1.29 is 68.0 Å². The number of aliphatic hydroxyl groups excluding tert-OH is 3. The highest BCUT2D eigenvalue weighted by atomic mass is 16.7. The minimum atomic E-state index is -2.00. The molecule has 64 heavy (non-hydrogen) atoms. The van der Waals surface area contributed by atoms with Gasteiger partial charge in [-0.2, -0.15) is 0 Å². The first-order chi connectivity index (χ1) is 29.8. The Morgan fingerprint density at radius 1 is 0.969 bits per heavy atom. The number of esters is 1. The normalized spacial score (nSPS) is 42.2. The smallest absolute Gasteiger partial charge is 0.311 e. The number of rotatable bonds is 12. The number of hydrogen-bond acceptors (Lipinski definition) is 15. The summed E-state index contributed by atoms with van der Waals surface area (Å²) in [4.78, 5) is 43.7. The molecule has 17 nitrogen and oxygen atoms in total. The molecule has 0 aromatic carbocycles. The Morgan fingerprint density at radius 2 is 1.61 bits per heavy atom. The average molecular weight is 910 g/mol. The molecule has 0 bridgehead atoms. The lowest BCUT2D eigenvalue weighted by molar-refractivity contribution is -0.319. The van der Waals surface area contributed by atoms with Crippen LogP contribution in [0.1, 0.15) is 112 Å². The van der Waals surface area contributed by atoms with E-state index >= 15 is 0 Å². The monoisotopic (exact) mass is 910 g/mol. The second-order valence-corrected chi connectivity index (χ2v) is 19.4. The van der Waals surface area contributed by atoms with Crippen molar-refractivity contribution in [2.24, 2.45) is 30.7 Å². The maximum absolute atomic E-state index is 14.4. The second-order valence-electron chi connectivity index (χ2n) is 19.4. The first-order valence-corrected chi connectivity index (χ1v) is 22.8. The predicted molar refractivity (Wildman–Crippen MR) is 237 cm³/mol. The third kappa shape index (κ3) is 11.6. The molecule has 1 aromatic heterocycles. The van der Waals surface area contributed by atoms with Crippen LogP contribution in [0.3, 0.4) is 0 Å². The molecule has 1 aromatic rings. The lowest BCUT2D eigenvalue weighted by Crippen LogP contribution is -2.61. The van der Waals surface area contributed by atoms with Gasteiger partial charge < -0.3 is 63.5 Å². The first kappa shape index (κ1) is 53.8. The molecule has 5 N–H and O–H groups in total. The van der Waals surface area contributed by atoms with Crippen LogP contribution in [0, 0.1) is 23.7 Å². The number of allylic oxidation sites excluding steroid dienone is 1. The molecule has 3 fully saturated rings. The summed E-state index contributed by atoms with van der Waals surface area (Å²) in [5.74, 6) is -5.06. The highest BCUT2D eigenvalue weighted by Gasteiger charge is 2.54. The zero-order valence-electron chi connectivity index (χ0n) is 40.8. The average Bonchev–Trinajstić information content (AvgIpc) is 3.69. The summed E-state index contributed by atoms with van der Waals surface area (Å²) in [7, 11) is 6.62. The Morgan fingerprint density at radius 3 is 2.17 bits per heavy atom. The summed E-state index contributed by atoms with van der Waals surface area (Å²) >= 11 is 0. The van der Waals surface area contributed by atoms with Crippen LogP contribution >= 0.6 is 0 Å². The number of carbonyl (C=O) groups is 3. The van der Waals surface area contributed by atoms with E-state index in [2.05, 4.69) is 5.32 Å². The maximum atomic E-state index is 14.4. The number of aliphatic hydroxyl groups is 4. The van der Waals surface area contributed by atoms with Crippen molar-refractivity contribution in [2.75, 3.05) is 27.8 Å². The number of methoxy groups -OCH3 is 2. The Hall–Kier alpha value is -2.81. The van der Waals surface area contributed by atoms with Gasteiger partial charge in [-0.3, -0.25) is 19.3 Å². The van der Waals surface area contributed by atoms with Crippen molar-refractivity contribution >= 4 is 17.7 Å². The summed E-state index contributed by atoms with van der Waals surface area (Å²) in [6.07, 6.45) is -6.26. The number of nitrogens with zero attached hydrogens (tertiary/aromatic N) is 2. The molecule has 0 saturated carbocycles. The molecule has 18 atom stereocenters. The predicted octanol–water partition coefficient (Wildman–Crippen LogP) is 3.48. The van der Waals surface area contributed by atoms with Gasteiger partial charge in [0.15, 0.2) is 12.6 Å². The zero-order valence-corrected chi connectivity index (χ0v) is 40.8. The molecule has 0 aliphatic carbocycles. The largest absolute Gasteiger partial charge is 0.459 e. The number of nitrogens with one attached hydrogen (secondary N) is 1. The number of ether oxygens (including phenoxy) is 7. The van der Waals surface area contributed by atoms with Gasteiger partial charge in [0.25, 0.3) is 5.91 Å². The topological polar surface area (TPSA) is 217 Å². The highest BCUT2D eigenvalue weighted by Crippen LogP contribution is 2.42. The molecule has 4 rings (SSSR count). The molecule has 0 radical (unpaired) electrons. The standard InChI is InChI=1S/C47H79N3O14/c1-16-31(48-42(55)32-19-18-20-49(32)12)24-50(13)33-21-26(4)60-44(37(33)52)64-41-28(6)38(63-35-23-45(9,58-14)40(54)30(8)61-35)29(7)43(56)62-34(17-2)47(11,57)39(53)27(5)36(51)25(3)22-46(41,10)59-15/h16,18-20,25-30,33-35,37-41,44,52-54,57H,17,21-24H2,1-15H3,(H,48,55)/b31-16+/t25-,26-,27+,28+,29-,30+,33+,34-,35+,37-,38+,39-,40+,41-,44-,45-,46-,47-/m1/s1. The van der Waals surface area contributed by atoms with Crippen LogP contribution in [-0.2, 0) is 49.8 Å². The van der Waals surface area contributed by atoms with E-state index in [1.165, 1.54) is 28.1 Å². The van der Waals surface area contributed by atoms with Gasteiger partial charge in [0, 0.05) is 69.9 Å². The number of Topliss-reactive ketones (excluding diaryl/α,β-unsaturated/α-hetero) is 1. The molecular formula is C47H79N3O14. The van der Waals surface area contributed by atoms with E-state index in [1.807, 2.05) is 38.8 Å². The van der Waals surface area contributed by atoms with Crippen LogP contribution in [0.2, 0.25) is 0 Å². The van der Waals surface area contributed by atoms with Crippen LogP contribution in [0.25, 0.3) is 0 Å². The van der Waals surface area contributed by atoms with E-state index < -0.39 is 114 Å². The van der Waals surface area contributed by atoms with Crippen LogP contribution in [-0.4, -0.2) is 160 Å². The Kier molecular flexibility index (Phi) is 18.4. The van der Waals surface area contributed by atoms with E-state index in [1.54, 1.807) is 71.5 Å². The molecule has 17 heteroatoms.